The van der Waals surface area contributed by atoms with Crippen LogP contribution in [0, 0.1) is 0 Å². The summed E-state index contributed by atoms with van der Waals surface area (Å²) in [6, 6.07) is 15.3. The van der Waals surface area contributed by atoms with Crippen molar-refractivity contribution in [3.8, 4) is 22.8 Å². The first-order valence-corrected chi connectivity index (χ1v) is 9.49. The average molecular weight is 373 g/mol. The van der Waals surface area contributed by atoms with Crippen molar-refractivity contribution in [2.24, 2.45) is 0 Å². The third-order valence-corrected chi connectivity index (χ3v) is 5.19. The topological polar surface area (TPSA) is 81.2 Å². The molecule has 0 spiro atoms. The van der Waals surface area contributed by atoms with E-state index in [0.717, 1.165) is 23.8 Å². The SMILES string of the molecule is O=C(NC1CCCC1)c1ccc2onc(-c3coc(-c4ccccc4)n3)c2c1. The van der Waals surface area contributed by atoms with Gasteiger partial charge in [-0.05, 0) is 43.2 Å². The molecule has 2 aromatic carbocycles. The second-order valence-electron chi connectivity index (χ2n) is 7.10. The van der Waals surface area contributed by atoms with E-state index >= 15 is 0 Å². The molecular weight excluding hydrogens is 354 g/mol. The predicted molar refractivity (Wildman–Crippen MR) is 105 cm³/mol. The largest absolute Gasteiger partial charge is 0.444 e. The van der Waals surface area contributed by atoms with Gasteiger partial charge in [-0.3, -0.25) is 4.79 Å². The van der Waals surface area contributed by atoms with Gasteiger partial charge in [0.2, 0.25) is 5.89 Å². The molecule has 1 aliphatic carbocycles. The van der Waals surface area contributed by atoms with Crippen molar-refractivity contribution in [3.05, 3.63) is 60.4 Å². The second-order valence-corrected chi connectivity index (χ2v) is 7.10. The average Bonchev–Trinajstić information content (AvgIpc) is 3.48. The molecule has 5 rings (SSSR count). The van der Waals surface area contributed by atoms with Gasteiger partial charge in [-0.15, -0.1) is 0 Å². The molecule has 6 nitrogen and oxygen atoms in total. The Hall–Kier alpha value is -3.41. The van der Waals surface area contributed by atoms with Crippen LogP contribution in [0.3, 0.4) is 0 Å². The van der Waals surface area contributed by atoms with Gasteiger partial charge in [0.1, 0.15) is 17.7 Å². The van der Waals surface area contributed by atoms with E-state index in [2.05, 4.69) is 15.5 Å². The van der Waals surface area contributed by atoms with Crippen molar-refractivity contribution in [1.82, 2.24) is 15.5 Å². The van der Waals surface area contributed by atoms with Crippen molar-refractivity contribution < 1.29 is 13.7 Å². The van der Waals surface area contributed by atoms with Gasteiger partial charge in [0, 0.05) is 17.2 Å². The van der Waals surface area contributed by atoms with Crippen LogP contribution in [-0.2, 0) is 0 Å². The minimum Gasteiger partial charge on any atom is -0.444 e. The van der Waals surface area contributed by atoms with Crippen LogP contribution in [0.25, 0.3) is 33.8 Å². The molecule has 6 heteroatoms. The van der Waals surface area contributed by atoms with Gasteiger partial charge in [-0.25, -0.2) is 4.98 Å². The molecule has 1 aliphatic rings. The zero-order valence-electron chi connectivity index (χ0n) is 15.2. The van der Waals surface area contributed by atoms with E-state index in [9.17, 15) is 4.79 Å². The summed E-state index contributed by atoms with van der Waals surface area (Å²) in [7, 11) is 0. The Morgan fingerprint density at radius 1 is 1.07 bits per heavy atom. The predicted octanol–water partition coefficient (Wildman–Crippen LogP) is 4.82. The molecule has 4 aromatic rings. The maximum absolute atomic E-state index is 12.6. The Kier molecular flexibility index (Phi) is 4.16. The summed E-state index contributed by atoms with van der Waals surface area (Å²) in [6.45, 7) is 0. The molecule has 1 amide bonds. The Bertz CT molecular complexity index is 1120. The zero-order valence-corrected chi connectivity index (χ0v) is 15.2. The van der Waals surface area contributed by atoms with E-state index in [4.69, 9.17) is 8.94 Å². The molecule has 140 valence electrons. The molecule has 28 heavy (non-hydrogen) atoms. The lowest BCUT2D eigenvalue weighted by Crippen LogP contribution is -2.32. The van der Waals surface area contributed by atoms with Crippen LogP contribution in [0.1, 0.15) is 36.0 Å². The molecule has 2 aromatic heterocycles. The van der Waals surface area contributed by atoms with Gasteiger partial charge in [-0.2, -0.15) is 0 Å². The van der Waals surface area contributed by atoms with E-state index < -0.39 is 0 Å². The van der Waals surface area contributed by atoms with E-state index in [1.807, 2.05) is 36.4 Å². The minimum absolute atomic E-state index is 0.0638. The smallest absolute Gasteiger partial charge is 0.251 e. The number of hydrogen-bond donors (Lipinski definition) is 1. The zero-order chi connectivity index (χ0) is 18.9. The first-order chi connectivity index (χ1) is 13.8. The van der Waals surface area contributed by atoms with Gasteiger partial charge in [-0.1, -0.05) is 36.2 Å². The molecule has 0 aliphatic heterocycles. The fraction of sp³-hybridized carbons (Fsp3) is 0.227. The standard InChI is InChI=1S/C22H19N3O3/c26-21(23-16-8-4-5-9-16)15-10-11-19-17(12-15)20(25-28-19)18-13-27-22(24-18)14-6-2-1-3-7-14/h1-3,6-7,10-13,16H,4-5,8-9H2,(H,23,26). The molecule has 0 atom stereocenters. The number of benzene rings is 2. The van der Waals surface area contributed by atoms with Gasteiger partial charge < -0.3 is 14.3 Å². The van der Waals surface area contributed by atoms with E-state index in [-0.39, 0.29) is 11.9 Å². The van der Waals surface area contributed by atoms with Crippen molar-refractivity contribution >= 4 is 16.9 Å². The van der Waals surface area contributed by atoms with Crippen molar-refractivity contribution in [1.29, 1.82) is 0 Å². The third-order valence-electron chi connectivity index (χ3n) is 5.19. The van der Waals surface area contributed by atoms with Crippen molar-refractivity contribution in [2.75, 3.05) is 0 Å². The number of carbonyl (C=O) groups is 1. The summed E-state index contributed by atoms with van der Waals surface area (Å²) in [5.74, 6) is 0.452. The number of nitrogens with one attached hydrogen (secondary N) is 1. The van der Waals surface area contributed by atoms with Crippen molar-refractivity contribution in [3.63, 3.8) is 0 Å². The Balaban J connectivity index is 1.47. The lowest BCUT2D eigenvalue weighted by Gasteiger charge is -2.11. The first-order valence-electron chi connectivity index (χ1n) is 9.49. The summed E-state index contributed by atoms with van der Waals surface area (Å²) in [5.41, 5.74) is 3.23. The van der Waals surface area contributed by atoms with Gasteiger partial charge in [0.25, 0.3) is 5.91 Å². The van der Waals surface area contributed by atoms with E-state index in [1.165, 1.54) is 12.8 Å². The number of amides is 1. The monoisotopic (exact) mass is 373 g/mol. The number of hydrogen-bond acceptors (Lipinski definition) is 5. The number of fused-ring (bicyclic) bond motifs is 1. The summed E-state index contributed by atoms with van der Waals surface area (Å²) < 4.78 is 11.0. The number of rotatable bonds is 4. The lowest BCUT2D eigenvalue weighted by atomic mass is 10.1. The van der Waals surface area contributed by atoms with Gasteiger partial charge in [0.15, 0.2) is 5.58 Å². The molecule has 0 radical (unpaired) electrons. The third kappa shape index (κ3) is 3.07. The Morgan fingerprint density at radius 3 is 2.71 bits per heavy atom. The Labute approximate surface area is 161 Å². The fourth-order valence-corrected chi connectivity index (χ4v) is 3.70. The highest BCUT2D eigenvalue weighted by Gasteiger charge is 2.20. The molecule has 2 heterocycles. The highest BCUT2D eigenvalue weighted by atomic mass is 16.5. The molecule has 0 bridgehead atoms. The van der Waals surface area contributed by atoms with Crippen LogP contribution in [0.15, 0.2) is 63.7 Å². The van der Waals surface area contributed by atoms with Gasteiger partial charge >= 0.3 is 0 Å². The van der Waals surface area contributed by atoms with Crippen LogP contribution in [-0.4, -0.2) is 22.1 Å². The highest BCUT2D eigenvalue weighted by Crippen LogP contribution is 2.30. The maximum Gasteiger partial charge on any atom is 0.251 e. The molecule has 1 saturated carbocycles. The molecule has 0 unspecified atom stereocenters. The van der Waals surface area contributed by atoms with E-state index in [1.54, 1.807) is 18.4 Å². The first kappa shape index (κ1) is 16.7. The minimum atomic E-state index is -0.0638. The maximum atomic E-state index is 12.6. The van der Waals surface area contributed by atoms with Crippen LogP contribution < -0.4 is 5.32 Å². The normalized spacial score (nSPS) is 14.6. The second kappa shape index (κ2) is 6.96. The van der Waals surface area contributed by atoms with Gasteiger partial charge in [0.05, 0.1) is 5.39 Å². The number of carbonyl (C=O) groups excluding carboxylic acids is 1. The van der Waals surface area contributed by atoms with Crippen molar-refractivity contribution in [2.45, 2.75) is 31.7 Å². The Morgan fingerprint density at radius 2 is 1.89 bits per heavy atom. The lowest BCUT2D eigenvalue weighted by molar-refractivity contribution is 0.0938. The highest BCUT2D eigenvalue weighted by molar-refractivity contribution is 6.00. The van der Waals surface area contributed by atoms with Crippen LogP contribution in [0.2, 0.25) is 0 Å². The summed E-state index contributed by atoms with van der Waals surface area (Å²) in [5, 5.41) is 8.00. The number of oxazole rings is 1. The quantitative estimate of drug-likeness (QED) is 0.554. The van der Waals surface area contributed by atoms with E-state index in [0.29, 0.717) is 28.4 Å². The number of nitrogens with zero attached hydrogens (tertiary/aromatic N) is 2. The fourth-order valence-electron chi connectivity index (χ4n) is 3.70. The van der Waals surface area contributed by atoms with Crippen LogP contribution in [0.5, 0.6) is 0 Å². The number of aromatic nitrogens is 2. The van der Waals surface area contributed by atoms with Crippen LogP contribution >= 0.6 is 0 Å². The molecule has 1 N–H and O–H groups in total. The summed E-state index contributed by atoms with van der Waals surface area (Å²) in [4.78, 5) is 17.1. The molecular formula is C22H19N3O3. The molecule has 0 saturated heterocycles. The molecule has 1 fully saturated rings. The summed E-state index contributed by atoms with van der Waals surface area (Å²) >= 11 is 0. The van der Waals surface area contributed by atoms with Crippen LogP contribution in [0.4, 0.5) is 0 Å². The summed E-state index contributed by atoms with van der Waals surface area (Å²) in [6.07, 6.45) is 6.01.